The number of fused-ring (bicyclic) bond motifs is 2. The third-order valence-corrected chi connectivity index (χ3v) is 6.10. The summed E-state index contributed by atoms with van der Waals surface area (Å²) in [5.74, 6) is -1.42. The average Bonchev–Trinajstić information content (AvgIpc) is 3.18. The molecule has 2 heterocycles. The van der Waals surface area contributed by atoms with Crippen LogP contribution in [0.2, 0.25) is 0 Å². The molecule has 3 atom stereocenters. The molecule has 2 aromatic rings. The number of benzene rings is 1. The normalized spacial score (nSPS) is 23.3. The third-order valence-electron chi connectivity index (χ3n) is 5.06. The van der Waals surface area contributed by atoms with Crippen LogP contribution < -0.4 is 5.32 Å². The summed E-state index contributed by atoms with van der Waals surface area (Å²) in [4.78, 5) is 43.3. The van der Waals surface area contributed by atoms with Gasteiger partial charge in [0.1, 0.15) is 11.0 Å². The van der Waals surface area contributed by atoms with Gasteiger partial charge in [-0.3, -0.25) is 19.3 Å². The molecule has 6 nitrogen and oxygen atoms in total. The van der Waals surface area contributed by atoms with Crippen molar-refractivity contribution < 1.29 is 14.4 Å². The summed E-state index contributed by atoms with van der Waals surface area (Å²) >= 11 is 1.52. The highest BCUT2D eigenvalue weighted by atomic mass is 32.1. The van der Waals surface area contributed by atoms with E-state index in [1.54, 1.807) is 6.92 Å². The quantitative estimate of drug-likeness (QED) is 0.662. The Balaban J connectivity index is 1.43. The number of para-hydroxylation sites is 1. The van der Waals surface area contributed by atoms with Gasteiger partial charge in [-0.15, -0.1) is 11.3 Å². The minimum atomic E-state index is -0.810. The van der Waals surface area contributed by atoms with Crippen molar-refractivity contribution in [3.8, 4) is 0 Å². The lowest BCUT2D eigenvalue weighted by Crippen LogP contribution is -2.48. The SMILES string of the molecule is C[C@H](C(=O)NCc1nc2ccccc2s1)N1C(=O)[C@@H]2CC=CC[C@H]2C1=O. The smallest absolute Gasteiger partial charge is 0.243 e. The molecule has 26 heavy (non-hydrogen) atoms. The van der Waals surface area contributed by atoms with Crippen molar-refractivity contribution in [1.82, 2.24) is 15.2 Å². The Hall–Kier alpha value is -2.54. The van der Waals surface area contributed by atoms with Crippen LogP contribution in [0, 0.1) is 11.8 Å². The summed E-state index contributed by atoms with van der Waals surface area (Å²) in [6.07, 6.45) is 5.03. The second-order valence-corrected chi connectivity index (χ2v) is 7.79. The first kappa shape index (κ1) is 16.9. The number of likely N-dealkylation sites (tertiary alicyclic amines) is 1. The summed E-state index contributed by atoms with van der Waals surface area (Å²) in [5, 5.41) is 3.60. The minimum Gasteiger partial charge on any atom is -0.348 e. The zero-order chi connectivity index (χ0) is 18.3. The van der Waals surface area contributed by atoms with Crippen LogP contribution in [0.25, 0.3) is 10.2 Å². The second-order valence-electron chi connectivity index (χ2n) is 6.67. The fraction of sp³-hybridized carbons (Fsp3) is 0.368. The summed E-state index contributed by atoms with van der Waals surface area (Å²) in [5.41, 5.74) is 0.899. The van der Waals surface area contributed by atoms with Gasteiger partial charge in [0.25, 0.3) is 0 Å². The Morgan fingerprint density at radius 1 is 1.23 bits per heavy atom. The van der Waals surface area contributed by atoms with Crippen LogP contribution in [0.4, 0.5) is 0 Å². The number of imide groups is 1. The predicted octanol–water partition coefficient (Wildman–Crippen LogP) is 2.25. The molecule has 0 saturated carbocycles. The first-order valence-corrected chi connectivity index (χ1v) is 9.52. The molecule has 1 fully saturated rings. The molecule has 4 rings (SSSR count). The van der Waals surface area contributed by atoms with Crippen LogP contribution in [0.3, 0.4) is 0 Å². The standard InChI is InChI=1S/C19H19N3O3S/c1-11(22-18(24)12-6-2-3-7-13(12)19(22)25)17(23)20-10-16-21-14-8-4-5-9-15(14)26-16/h2-5,8-9,11-13H,6-7,10H2,1H3,(H,20,23)/t11-,12-,13-/m1/s1. The fourth-order valence-electron chi connectivity index (χ4n) is 3.63. The number of allylic oxidation sites excluding steroid dienone is 2. The number of amides is 3. The first-order chi connectivity index (χ1) is 12.6. The lowest BCUT2D eigenvalue weighted by Gasteiger charge is -2.22. The number of hydrogen-bond acceptors (Lipinski definition) is 5. The van der Waals surface area contributed by atoms with E-state index in [0.717, 1.165) is 20.1 Å². The Labute approximate surface area is 154 Å². The van der Waals surface area contributed by atoms with Crippen molar-refractivity contribution in [3.05, 3.63) is 41.4 Å². The molecule has 0 spiro atoms. The molecule has 134 valence electrons. The number of aromatic nitrogens is 1. The molecule has 7 heteroatoms. The first-order valence-electron chi connectivity index (χ1n) is 8.70. The van der Waals surface area contributed by atoms with Gasteiger partial charge in [0.05, 0.1) is 28.6 Å². The lowest BCUT2D eigenvalue weighted by atomic mass is 9.85. The maximum absolute atomic E-state index is 12.6. The van der Waals surface area contributed by atoms with Crippen molar-refractivity contribution >= 4 is 39.3 Å². The zero-order valence-corrected chi connectivity index (χ0v) is 15.2. The van der Waals surface area contributed by atoms with Gasteiger partial charge in [0.15, 0.2) is 0 Å². The molecule has 1 saturated heterocycles. The fourth-order valence-corrected chi connectivity index (χ4v) is 4.54. The van der Waals surface area contributed by atoms with Crippen molar-refractivity contribution in [2.45, 2.75) is 32.4 Å². The van der Waals surface area contributed by atoms with Crippen molar-refractivity contribution in [2.24, 2.45) is 11.8 Å². The molecule has 1 aromatic carbocycles. The highest BCUT2D eigenvalue weighted by molar-refractivity contribution is 7.18. The van der Waals surface area contributed by atoms with Crippen LogP contribution >= 0.6 is 11.3 Å². The highest BCUT2D eigenvalue weighted by Crippen LogP contribution is 2.36. The number of hydrogen-bond donors (Lipinski definition) is 1. The van der Waals surface area contributed by atoms with Gasteiger partial charge in [-0.05, 0) is 31.9 Å². The minimum absolute atomic E-state index is 0.230. The van der Waals surface area contributed by atoms with Crippen molar-refractivity contribution in [2.75, 3.05) is 0 Å². The predicted molar refractivity (Wildman–Crippen MR) is 98.1 cm³/mol. The molecular formula is C19H19N3O3S. The molecule has 0 bridgehead atoms. The zero-order valence-electron chi connectivity index (χ0n) is 14.3. The number of rotatable bonds is 4. The lowest BCUT2D eigenvalue weighted by molar-refractivity contribution is -0.147. The van der Waals surface area contributed by atoms with Crippen LogP contribution in [-0.4, -0.2) is 33.6 Å². The molecule has 1 aromatic heterocycles. The number of carbonyl (C=O) groups excluding carboxylic acids is 3. The van der Waals surface area contributed by atoms with E-state index in [9.17, 15) is 14.4 Å². The highest BCUT2D eigenvalue weighted by Gasteiger charge is 2.50. The summed E-state index contributed by atoms with van der Waals surface area (Å²) in [6, 6.07) is 6.97. The number of carbonyl (C=O) groups is 3. The summed E-state index contributed by atoms with van der Waals surface area (Å²) in [6.45, 7) is 1.89. The van der Waals surface area contributed by atoms with E-state index >= 15 is 0 Å². The van der Waals surface area contributed by atoms with E-state index in [1.165, 1.54) is 11.3 Å². The Kier molecular flexibility index (Phi) is 4.32. The molecule has 1 aliphatic heterocycles. The van der Waals surface area contributed by atoms with E-state index < -0.39 is 6.04 Å². The van der Waals surface area contributed by atoms with Gasteiger partial charge in [-0.2, -0.15) is 0 Å². The summed E-state index contributed by atoms with van der Waals surface area (Å²) in [7, 11) is 0. The number of thiazole rings is 1. The van der Waals surface area contributed by atoms with Crippen molar-refractivity contribution in [1.29, 1.82) is 0 Å². The number of nitrogens with zero attached hydrogens (tertiary/aromatic N) is 2. The van der Waals surface area contributed by atoms with Gasteiger partial charge < -0.3 is 5.32 Å². The van der Waals surface area contributed by atoms with E-state index in [1.807, 2.05) is 36.4 Å². The van der Waals surface area contributed by atoms with E-state index in [2.05, 4.69) is 10.3 Å². The van der Waals surface area contributed by atoms with E-state index in [-0.39, 0.29) is 36.1 Å². The van der Waals surface area contributed by atoms with Gasteiger partial charge in [0.2, 0.25) is 17.7 Å². The van der Waals surface area contributed by atoms with Gasteiger partial charge in [-0.1, -0.05) is 24.3 Å². The van der Waals surface area contributed by atoms with Gasteiger partial charge in [0, 0.05) is 0 Å². The molecule has 0 unspecified atom stereocenters. The van der Waals surface area contributed by atoms with Crippen LogP contribution in [0.15, 0.2) is 36.4 Å². The van der Waals surface area contributed by atoms with Crippen LogP contribution in [0.1, 0.15) is 24.8 Å². The van der Waals surface area contributed by atoms with E-state index in [4.69, 9.17) is 0 Å². The average molecular weight is 369 g/mol. The Bertz CT molecular complexity index is 861. The topological polar surface area (TPSA) is 79.4 Å². The maximum atomic E-state index is 12.6. The summed E-state index contributed by atoms with van der Waals surface area (Å²) < 4.78 is 1.06. The molecular weight excluding hydrogens is 350 g/mol. The van der Waals surface area contributed by atoms with E-state index in [0.29, 0.717) is 12.8 Å². The largest absolute Gasteiger partial charge is 0.348 e. The van der Waals surface area contributed by atoms with Crippen molar-refractivity contribution in [3.63, 3.8) is 0 Å². The molecule has 2 aliphatic rings. The third kappa shape index (κ3) is 2.82. The molecule has 1 aliphatic carbocycles. The maximum Gasteiger partial charge on any atom is 0.243 e. The van der Waals surface area contributed by atoms with Crippen LogP contribution in [-0.2, 0) is 20.9 Å². The number of nitrogens with one attached hydrogen (secondary N) is 1. The van der Waals surface area contributed by atoms with Gasteiger partial charge >= 0.3 is 0 Å². The Morgan fingerprint density at radius 3 is 2.54 bits per heavy atom. The monoisotopic (exact) mass is 369 g/mol. The van der Waals surface area contributed by atoms with Crippen LogP contribution in [0.5, 0.6) is 0 Å². The second kappa shape index (κ2) is 6.64. The van der Waals surface area contributed by atoms with Gasteiger partial charge in [-0.25, -0.2) is 4.98 Å². The molecule has 3 amide bonds. The molecule has 1 N–H and O–H groups in total. The molecule has 0 radical (unpaired) electrons. The Morgan fingerprint density at radius 2 is 1.88 bits per heavy atom.